The van der Waals surface area contributed by atoms with Crippen LogP contribution in [0.2, 0.25) is 0 Å². The maximum absolute atomic E-state index is 12.3. The molecule has 2 rings (SSSR count). The van der Waals surface area contributed by atoms with Crippen LogP contribution in [0, 0.1) is 11.8 Å². The second kappa shape index (κ2) is 12.9. The molecule has 2 atom stereocenters. The van der Waals surface area contributed by atoms with Gasteiger partial charge in [-0.3, -0.25) is 19.6 Å². The monoisotopic (exact) mass is 454 g/mol. The van der Waals surface area contributed by atoms with Crippen molar-refractivity contribution in [3.63, 3.8) is 0 Å². The molecular weight excluding hydrogens is 428 g/mol. The number of aliphatic hydroxyl groups is 2. The normalized spacial score (nSPS) is 12.0. The number of carbonyl (C=O) groups excluding carboxylic acids is 3. The van der Waals surface area contributed by atoms with Crippen LogP contribution < -0.4 is 21.4 Å². The molecule has 2 unspecified atom stereocenters. The van der Waals surface area contributed by atoms with Crippen LogP contribution in [0.5, 0.6) is 0 Å². The molecule has 2 aromatic rings. The molecule has 0 fully saturated rings. The van der Waals surface area contributed by atoms with Gasteiger partial charge < -0.3 is 26.2 Å². The Bertz CT molecular complexity index is 1010. The summed E-state index contributed by atoms with van der Waals surface area (Å²) in [7, 11) is 0. The van der Waals surface area contributed by atoms with Crippen molar-refractivity contribution in [2.75, 3.05) is 25.0 Å². The molecule has 3 amide bonds. The third kappa shape index (κ3) is 8.36. The van der Waals surface area contributed by atoms with Crippen LogP contribution in [-0.4, -0.2) is 65.0 Å². The van der Waals surface area contributed by atoms with Crippen LogP contribution in [0.3, 0.4) is 0 Å². The fourth-order valence-electron chi connectivity index (χ4n) is 2.67. The lowest BCUT2D eigenvalue weighted by Gasteiger charge is -2.19. The van der Waals surface area contributed by atoms with Crippen molar-refractivity contribution in [1.82, 2.24) is 16.1 Å². The first kappa shape index (κ1) is 25.5. The Labute approximate surface area is 191 Å². The van der Waals surface area contributed by atoms with E-state index in [9.17, 15) is 19.5 Å². The van der Waals surface area contributed by atoms with E-state index in [1.165, 1.54) is 24.5 Å². The van der Waals surface area contributed by atoms with Gasteiger partial charge in [0.05, 0.1) is 19.3 Å². The predicted octanol–water partition coefficient (Wildman–Crippen LogP) is -0.409. The largest absolute Gasteiger partial charge is 0.395 e. The number of hydrogen-bond donors (Lipinski definition) is 7. The van der Waals surface area contributed by atoms with Gasteiger partial charge in [-0.15, -0.1) is 0 Å². The summed E-state index contributed by atoms with van der Waals surface area (Å²) in [6.45, 7) is 1.72. The molecule has 0 aliphatic carbocycles. The van der Waals surface area contributed by atoms with E-state index in [0.717, 1.165) is 5.56 Å². The van der Waals surface area contributed by atoms with Gasteiger partial charge in [-0.05, 0) is 55.5 Å². The predicted molar refractivity (Wildman–Crippen MR) is 120 cm³/mol. The van der Waals surface area contributed by atoms with Crippen molar-refractivity contribution in [1.29, 1.82) is 0 Å². The van der Waals surface area contributed by atoms with E-state index >= 15 is 0 Å². The third-order valence-electron chi connectivity index (χ3n) is 4.40. The lowest BCUT2D eigenvalue weighted by atomic mass is 10.1. The summed E-state index contributed by atoms with van der Waals surface area (Å²) in [5.74, 6) is 4.22. The molecule has 0 spiro atoms. The maximum atomic E-state index is 12.3. The highest BCUT2D eigenvalue weighted by atomic mass is 16.5. The van der Waals surface area contributed by atoms with E-state index in [1.54, 1.807) is 36.4 Å². The number of aliphatic hydroxyl groups excluding tert-OH is 2. The number of nitrogens with one attached hydrogen (secondary N) is 4. The molecule has 7 N–H and O–H groups in total. The number of benzene rings is 2. The molecule has 10 heteroatoms. The van der Waals surface area contributed by atoms with E-state index in [1.807, 2.05) is 0 Å². The Kier molecular flexibility index (Phi) is 10.0. The lowest BCUT2D eigenvalue weighted by molar-refractivity contribution is -0.133. The van der Waals surface area contributed by atoms with Crippen molar-refractivity contribution in [3.8, 4) is 11.8 Å². The van der Waals surface area contributed by atoms with Crippen molar-refractivity contribution in [3.05, 3.63) is 65.2 Å². The minimum absolute atomic E-state index is 0.0383. The molecule has 174 valence electrons. The summed E-state index contributed by atoms with van der Waals surface area (Å²) >= 11 is 0. The smallest absolute Gasteiger partial charge is 0.268 e. The Morgan fingerprint density at radius 1 is 0.970 bits per heavy atom. The lowest BCUT2D eigenvalue weighted by Crippen LogP contribution is -2.51. The maximum Gasteiger partial charge on any atom is 0.268 e. The summed E-state index contributed by atoms with van der Waals surface area (Å²) in [5, 5.41) is 34.9. The topological polar surface area (TPSA) is 160 Å². The highest BCUT2D eigenvalue weighted by Crippen LogP contribution is 2.09. The molecule has 0 heterocycles. The van der Waals surface area contributed by atoms with Gasteiger partial charge in [-0.1, -0.05) is 11.8 Å². The molecule has 10 nitrogen and oxygen atoms in total. The fraction of sp³-hybridized carbons (Fsp3) is 0.261. The van der Waals surface area contributed by atoms with E-state index < -0.39 is 24.0 Å². The molecule has 0 radical (unpaired) electrons. The number of carbonyl (C=O) groups is 3. The zero-order valence-corrected chi connectivity index (χ0v) is 18.0. The number of hydroxylamine groups is 1. The van der Waals surface area contributed by atoms with Crippen LogP contribution >= 0.6 is 0 Å². The number of anilines is 1. The van der Waals surface area contributed by atoms with Gasteiger partial charge in [0.1, 0.15) is 6.04 Å². The summed E-state index contributed by atoms with van der Waals surface area (Å²) < 4.78 is 0. The molecule has 0 saturated heterocycles. The van der Waals surface area contributed by atoms with Crippen LogP contribution in [-0.2, 0) is 9.59 Å². The van der Waals surface area contributed by atoms with Gasteiger partial charge in [0.25, 0.3) is 11.8 Å². The molecule has 0 aromatic heterocycles. The average molecular weight is 454 g/mol. The molecule has 2 aromatic carbocycles. The molecular formula is C23H26N4O6. The Morgan fingerprint density at radius 2 is 1.55 bits per heavy atom. The van der Waals surface area contributed by atoms with Crippen LogP contribution in [0.1, 0.15) is 28.4 Å². The summed E-state index contributed by atoms with van der Waals surface area (Å²) in [6.07, 6.45) is -1.20. The summed E-state index contributed by atoms with van der Waals surface area (Å²) in [6, 6.07) is 12.0. The molecule has 33 heavy (non-hydrogen) atoms. The Hall–Kier alpha value is -3.75. The van der Waals surface area contributed by atoms with E-state index in [0.29, 0.717) is 17.8 Å². The number of hydrogen-bond acceptors (Lipinski definition) is 7. The van der Waals surface area contributed by atoms with Gasteiger partial charge >= 0.3 is 0 Å². The zero-order valence-electron chi connectivity index (χ0n) is 18.0. The molecule has 0 aliphatic heterocycles. The molecule has 0 bridgehead atoms. The Balaban J connectivity index is 1.96. The fourth-order valence-corrected chi connectivity index (χ4v) is 2.67. The standard InChI is InChI=1S/C23H26N4O6/c1-15(29)21(23(32)27-33)26-22(31)18-8-4-16(5-9-18)2-3-17-6-10-19(11-7-17)25-20(30)14-24-12-13-28/h4-11,15,21,24,28-29,33H,12-14H2,1H3,(H,25,30)(H,26,31)(H,27,32). The summed E-state index contributed by atoms with van der Waals surface area (Å²) in [5.41, 5.74) is 3.66. The van der Waals surface area contributed by atoms with Crippen LogP contribution in [0.25, 0.3) is 0 Å². The number of amides is 3. The van der Waals surface area contributed by atoms with Crippen molar-refractivity contribution in [2.45, 2.75) is 19.1 Å². The Morgan fingerprint density at radius 3 is 2.06 bits per heavy atom. The van der Waals surface area contributed by atoms with Crippen LogP contribution in [0.4, 0.5) is 5.69 Å². The second-order valence-corrected chi connectivity index (χ2v) is 7.02. The van der Waals surface area contributed by atoms with Crippen LogP contribution in [0.15, 0.2) is 48.5 Å². The van der Waals surface area contributed by atoms with Gasteiger partial charge in [0.2, 0.25) is 5.91 Å². The summed E-state index contributed by atoms with van der Waals surface area (Å²) in [4.78, 5) is 35.6. The first-order chi connectivity index (χ1) is 15.8. The SMILES string of the molecule is CC(O)C(NC(=O)c1ccc(C#Cc2ccc(NC(=O)CNCCO)cc2)cc1)C(=O)NO. The van der Waals surface area contributed by atoms with Gasteiger partial charge in [0.15, 0.2) is 0 Å². The third-order valence-corrected chi connectivity index (χ3v) is 4.40. The molecule has 0 saturated carbocycles. The van der Waals surface area contributed by atoms with E-state index in [4.69, 9.17) is 10.3 Å². The first-order valence-electron chi connectivity index (χ1n) is 10.1. The van der Waals surface area contributed by atoms with E-state index in [2.05, 4.69) is 27.8 Å². The second-order valence-electron chi connectivity index (χ2n) is 7.02. The highest BCUT2D eigenvalue weighted by molar-refractivity contribution is 5.97. The minimum atomic E-state index is -1.30. The van der Waals surface area contributed by atoms with Gasteiger partial charge in [-0.2, -0.15) is 0 Å². The van der Waals surface area contributed by atoms with E-state index in [-0.39, 0.29) is 24.6 Å². The van der Waals surface area contributed by atoms with Crippen molar-refractivity contribution < 1.29 is 29.8 Å². The minimum Gasteiger partial charge on any atom is -0.395 e. The first-order valence-corrected chi connectivity index (χ1v) is 10.1. The zero-order chi connectivity index (χ0) is 24.2. The highest BCUT2D eigenvalue weighted by Gasteiger charge is 2.25. The molecule has 0 aliphatic rings. The van der Waals surface area contributed by atoms with Crippen molar-refractivity contribution in [2.24, 2.45) is 0 Å². The number of rotatable bonds is 9. The van der Waals surface area contributed by atoms with Gasteiger partial charge in [0, 0.05) is 28.9 Å². The average Bonchev–Trinajstić information content (AvgIpc) is 2.81. The quantitative estimate of drug-likeness (QED) is 0.117. The van der Waals surface area contributed by atoms with Crippen molar-refractivity contribution >= 4 is 23.4 Å². The van der Waals surface area contributed by atoms with Gasteiger partial charge in [-0.25, -0.2) is 5.48 Å².